The number of hydrogen-bond donors (Lipinski definition) is 1. The second-order valence-corrected chi connectivity index (χ2v) is 12.0. The normalized spacial score (nSPS) is 19.9. The average molecular weight is 614 g/mol. The summed E-state index contributed by atoms with van der Waals surface area (Å²) in [6.45, 7) is 1.60. The van der Waals surface area contributed by atoms with Crippen molar-refractivity contribution in [2.75, 3.05) is 22.1 Å². The molecule has 3 aliphatic heterocycles. The van der Waals surface area contributed by atoms with Crippen LogP contribution in [0, 0.1) is 6.92 Å². The second-order valence-electron chi connectivity index (χ2n) is 10.8. The van der Waals surface area contributed by atoms with Gasteiger partial charge >= 0.3 is 0 Å². The summed E-state index contributed by atoms with van der Waals surface area (Å²) in [4.78, 5) is 61.1. The van der Waals surface area contributed by atoms with Gasteiger partial charge in [0.15, 0.2) is 5.84 Å². The standard InChI is InChI=1S/C35H27N5O4S/c1-23-16-18-24(19-17-23)20-28-33(43)40(32(36-28)25-10-4-2-5-11-25)37-30(41)21-38-29-15-9-8-14-27(29)35(34(38)44)39(31(42)22-45-35)26-12-6-3-7-13-26/h2-20H,21-22H2,1H3,(H,37,41)/b28-20-. The van der Waals surface area contributed by atoms with Crippen LogP contribution in [0.3, 0.4) is 0 Å². The van der Waals surface area contributed by atoms with E-state index < -0.39 is 22.6 Å². The zero-order valence-corrected chi connectivity index (χ0v) is 25.0. The molecule has 0 aromatic heterocycles. The number of hydrazine groups is 1. The van der Waals surface area contributed by atoms with Crippen molar-refractivity contribution in [1.29, 1.82) is 0 Å². The Balaban J connectivity index is 1.19. The molecule has 4 amide bonds. The maximum atomic E-state index is 14.3. The molecule has 9 nitrogen and oxygen atoms in total. The van der Waals surface area contributed by atoms with Gasteiger partial charge in [0.25, 0.3) is 17.7 Å². The molecule has 1 saturated heterocycles. The van der Waals surface area contributed by atoms with Crippen molar-refractivity contribution in [3.05, 3.63) is 137 Å². The highest BCUT2D eigenvalue weighted by molar-refractivity contribution is 8.02. The number of thioether (sulfide) groups is 1. The maximum absolute atomic E-state index is 14.3. The summed E-state index contributed by atoms with van der Waals surface area (Å²) in [7, 11) is 0. The van der Waals surface area contributed by atoms with Gasteiger partial charge in [0.2, 0.25) is 10.8 Å². The van der Waals surface area contributed by atoms with Gasteiger partial charge in [-0.3, -0.25) is 34.4 Å². The van der Waals surface area contributed by atoms with Gasteiger partial charge in [0.1, 0.15) is 12.2 Å². The molecular formula is C35H27N5O4S. The van der Waals surface area contributed by atoms with Crippen LogP contribution in [0.4, 0.5) is 11.4 Å². The van der Waals surface area contributed by atoms with Crippen LogP contribution in [-0.2, 0) is 24.0 Å². The van der Waals surface area contributed by atoms with E-state index in [0.717, 1.165) is 16.1 Å². The van der Waals surface area contributed by atoms with Crippen molar-refractivity contribution in [3.8, 4) is 0 Å². The molecule has 3 aliphatic rings. The first-order valence-electron chi connectivity index (χ1n) is 14.4. The number of nitrogens with zero attached hydrogens (tertiary/aromatic N) is 4. The van der Waals surface area contributed by atoms with E-state index in [1.807, 2.05) is 79.7 Å². The molecule has 222 valence electrons. The van der Waals surface area contributed by atoms with E-state index in [1.165, 1.54) is 21.6 Å². The van der Waals surface area contributed by atoms with Gasteiger partial charge in [-0.25, -0.2) is 4.99 Å². The number of para-hydroxylation sites is 2. The molecule has 45 heavy (non-hydrogen) atoms. The molecule has 4 aromatic rings. The number of carbonyl (C=O) groups is 4. The third kappa shape index (κ3) is 4.79. The molecule has 0 radical (unpaired) electrons. The molecule has 4 aromatic carbocycles. The van der Waals surface area contributed by atoms with Gasteiger partial charge in [-0.15, -0.1) is 11.8 Å². The Kier molecular flexibility index (Phi) is 7.06. The zero-order chi connectivity index (χ0) is 31.1. The minimum absolute atomic E-state index is 0.115. The number of amidine groups is 1. The number of aryl methyl sites for hydroxylation is 1. The van der Waals surface area contributed by atoms with Gasteiger partial charge in [-0.05, 0) is 36.8 Å². The van der Waals surface area contributed by atoms with Gasteiger partial charge in [0.05, 0.1) is 11.4 Å². The summed E-state index contributed by atoms with van der Waals surface area (Å²) in [6, 6.07) is 33.0. The summed E-state index contributed by atoms with van der Waals surface area (Å²) in [5, 5.41) is 1.13. The molecule has 0 saturated carbocycles. The fourth-order valence-electron chi connectivity index (χ4n) is 5.81. The SMILES string of the molecule is Cc1ccc(/C=C2\N=C(c3ccccc3)N(NC(=O)CN3C(=O)C4(SCC(=O)N4c4ccccc4)c4ccccc43)C2=O)cc1. The van der Waals surface area contributed by atoms with Crippen LogP contribution < -0.4 is 15.2 Å². The van der Waals surface area contributed by atoms with Crippen molar-refractivity contribution in [3.63, 3.8) is 0 Å². The highest BCUT2D eigenvalue weighted by atomic mass is 32.2. The van der Waals surface area contributed by atoms with Crippen LogP contribution in [0.15, 0.2) is 120 Å². The predicted octanol–water partition coefficient (Wildman–Crippen LogP) is 4.64. The first-order chi connectivity index (χ1) is 21.9. The number of benzene rings is 4. The predicted molar refractivity (Wildman–Crippen MR) is 174 cm³/mol. The maximum Gasteiger partial charge on any atom is 0.297 e. The van der Waals surface area contributed by atoms with E-state index in [1.54, 1.807) is 42.5 Å². The summed E-state index contributed by atoms with van der Waals surface area (Å²) in [5.41, 5.74) is 7.16. The second kappa shape index (κ2) is 11.2. The van der Waals surface area contributed by atoms with Crippen LogP contribution in [-0.4, -0.2) is 46.8 Å². The van der Waals surface area contributed by atoms with Crippen LogP contribution in [0.2, 0.25) is 0 Å². The lowest BCUT2D eigenvalue weighted by Crippen LogP contribution is -2.54. The summed E-state index contributed by atoms with van der Waals surface area (Å²) in [5.74, 6) is -1.30. The van der Waals surface area contributed by atoms with Crippen molar-refractivity contribution in [1.82, 2.24) is 10.4 Å². The number of fused-ring (bicyclic) bond motifs is 2. The van der Waals surface area contributed by atoms with Gasteiger partial charge in [-0.2, -0.15) is 5.01 Å². The van der Waals surface area contributed by atoms with Gasteiger partial charge < -0.3 is 0 Å². The molecule has 1 spiro atoms. The van der Waals surface area contributed by atoms with Gasteiger partial charge in [-0.1, -0.05) is 96.6 Å². The third-order valence-electron chi connectivity index (χ3n) is 7.89. The van der Waals surface area contributed by atoms with Crippen LogP contribution in [0.5, 0.6) is 0 Å². The molecule has 1 atom stereocenters. The van der Waals surface area contributed by atoms with Crippen molar-refractivity contribution >= 4 is 58.7 Å². The number of amides is 4. The Morgan fingerprint density at radius 2 is 1.56 bits per heavy atom. The zero-order valence-electron chi connectivity index (χ0n) is 24.2. The fourth-order valence-corrected chi connectivity index (χ4v) is 7.17. The van der Waals surface area contributed by atoms with E-state index >= 15 is 0 Å². The molecule has 0 bridgehead atoms. The van der Waals surface area contributed by atoms with E-state index in [9.17, 15) is 19.2 Å². The number of nitrogens with one attached hydrogen (secondary N) is 1. The van der Waals surface area contributed by atoms with E-state index in [2.05, 4.69) is 10.4 Å². The van der Waals surface area contributed by atoms with Crippen molar-refractivity contribution < 1.29 is 19.2 Å². The largest absolute Gasteiger partial charge is 0.299 e. The van der Waals surface area contributed by atoms with E-state index in [4.69, 9.17) is 0 Å². The van der Waals surface area contributed by atoms with E-state index in [-0.39, 0.29) is 29.7 Å². The fraction of sp³-hybridized carbons (Fsp3) is 0.114. The summed E-state index contributed by atoms with van der Waals surface area (Å²) in [6.07, 6.45) is 1.67. The third-order valence-corrected chi connectivity index (χ3v) is 9.28. The number of carbonyl (C=O) groups excluding carboxylic acids is 4. The molecular weight excluding hydrogens is 586 g/mol. The highest BCUT2D eigenvalue weighted by Gasteiger charge is 2.61. The number of hydrogen-bond acceptors (Lipinski definition) is 6. The quantitative estimate of drug-likeness (QED) is 0.320. The molecule has 10 heteroatoms. The molecule has 0 aliphatic carbocycles. The number of anilines is 2. The van der Waals surface area contributed by atoms with Crippen LogP contribution >= 0.6 is 11.8 Å². The average Bonchev–Trinajstić information content (AvgIpc) is 3.65. The topological polar surface area (TPSA) is 102 Å². The van der Waals surface area contributed by atoms with Crippen molar-refractivity contribution in [2.45, 2.75) is 11.8 Å². The monoisotopic (exact) mass is 613 g/mol. The Morgan fingerprint density at radius 1 is 0.889 bits per heavy atom. The molecule has 7 rings (SSSR count). The first kappa shape index (κ1) is 28.3. The van der Waals surface area contributed by atoms with Crippen LogP contribution in [0.25, 0.3) is 6.08 Å². The van der Waals surface area contributed by atoms with Gasteiger partial charge in [0, 0.05) is 16.8 Å². The Labute approximate surface area is 263 Å². The molecule has 1 unspecified atom stereocenters. The first-order valence-corrected chi connectivity index (χ1v) is 15.4. The number of rotatable bonds is 6. The molecule has 1 N–H and O–H groups in total. The Morgan fingerprint density at radius 3 is 2.29 bits per heavy atom. The Hall–Kier alpha value is -5.48. The minimum Gasteiger partial charge on any atom is -0.299 e. The molecule has 1 fully saturated rings. The number of aliphatic imine (C=N–C) groups is 1. The highest BCUT2D eigenvalue weighted by Crippen LogP contribution is 2.55. The summed E-state index contributed by atoms with van der Waals surface area (Å²) >= 11 is 1.24. The molecule has 3 heterocycles. The lowest BCUT2D eigenvalue weighted by atomic mass is 10.0. The lowest BCUT2D eigenvalue weighted by Gasteiger charge is -2.33. The minimum atomic E-state index is -1.35. The van der Waals surface area contributed by atoms with Crippen molar-refractivity contribution in [2.24, 2.45) is 4.99 Å². The van der Waals surface area contributed by atoms with E-state index in [0.29, 0.717) is 22.5 Å². The lowest BCUT2D eigenvalue weighted by molar-refractivity contribution is -0.133. The Bertz CT molecular complexity index is 1910. The smallest absolute Gasteiger partial charge is 0.297 e. The summed E-state index contributed by atoms with van der Waals surface area (Å²) < 4.78 is 0. The van der Waals surface area contributed by atoms with Crippen LogP contribution in [0.1, 0.15) is 22.3 Å².